The van der Waals surface area contributed by atoms with Gasteiger partial charge in [0.1, 0.15) is 5.82 Å². The van der Waals surface area contributed by atoms with Crippen LogP contribution in [0.25, 0.3) is 0 Å². The third kappa shape index (κ3) is 3.39. The number of hydrogen-bond donors (Lipinski definition) is 1. The Balaban J connectivity index is 1.61. The molecule has 5 nitrogen and oxygen atoms in total. The first-order valence-corrected chi connectivity index (χ1v) is 7.71. The zero-order valence-corrected chi connectivity index (χ0v) is 12.5. The summed E-state index contributed by atoms with van der Waals surface area (Å²) in [6, 6.07) is 2.84. The topological polar surface area (TPSA) is 44.3 Å². The Morgan fingerprint density at radius 2 is 2.20 bits per heavy atom. The van der Waals surface area contributed by atoms with Crippen LogP contribution in [-0.2, 0) is 0 Å². The molecule has 2 aliphatic rings. The van der Waals surface area contributed by atoms with Crippen molar-refractivity contribution in [3.05, 3.63) is 12.3 Å². The molecule has 20 heavy (non-hydrogen) atoms. The number of piperidine rings is 1. The summed E-state index contributed by atoms with van der Waals surface area (Å²) in [6.07, 6.45) is 7.20. The second kappa shape index (κ2) is 5.95. The van der Waals surface area contributed by atoms with Gasteiger partial charge in [-0.25, -0.2) is 4.98 Å². The van der Waals surface area contributed by atoms with Gasteiger partial charge in [0.15, 0.2) is 0 Å². The normalized spacial score (nSPS) is 22.9. The van der Waals surface area contributed by atoms with Gasteiger partial charge < -0.3 is 15.1 Å². The second-order valence-corrected chi connectivity index (χ2v) is 6.25. The van der Waals surface area contributed by atoms with Crippen molar-refractivity contribution >= 4 is 11.8 Å². The summed E-state index contributed by atoms with van der Waals surface area (Å²) in [4.78, 5) is 13.3. The first kappa shape index (κ1) is 13.6. The molecule has 1 saturated heterocycles. The molecule has 2 fully saturated rings. The molecule has 110 valence electrons. The Bertz CT molecular complexity index is 444. The van der Waals surface area contributed by atoms with E-state index in [1.54, 1.807) is 0 Å². The highest BCUT2D eigenvalue weighted by Gasteiger charge is 2.25. The van der Waals surface area contributed by atoms with Crippen LogP contribution < -0.4 is 15.1 Å². The van der Waals surface area contributed by atoms with Crippen molar-refractivity contribution in [3.63, 3.8) is 0 Å². The fourth-order valence-electron chi connectivity index (χ4n) is 2.79. The van der Waals surface area contributed by atoms with Crippen LogP contribution in [0.1, 0.15) is 25.7 Å². The summed E-state index contributed by atoms with van der Waals surface area (Å²) in [7, 11) is 3.97. The molecule has 1 aliphatic heterocycles. The highest BCUT2D eigenvalue weighted by molar-refractivity contribution is 5.43. The van der Waals surface area contributed by atoms with Gasteiger partial charge in [-0.3, -0.25) is 0 Å². The van der Waals surface area contributed by atoms with Crippen molar-refractivity contribution < 1.29 is 0 Å². The summed E-state index contributed by atoms with van der Waals surface area (Å²) < 4.78 is 0. The average molecular weight is 275 g/mol. The van der Waals surface area contributed by atoms with Crippen molar-refractivity contribution in [2.45, 2.75) is 31.7 Å². The molecule has 0 radical (unpaired) electrons. The van der Waals surface area contributed by atoms with Crippen molar-refractivity contribution in [2.24, 2.45) is 5.92 Å². The summed E-state index contributed by atoms with van der Waals surface area (Å²) in [5.41, 5.74) is 0. The van der Waals surface area contributed by atoms with E-state index >= 15 is 0 Å². The maximum Gasteiger partial charge on any atom is 0.226 e. The van der Waals surface area contributed by atoms with Crippen molar-refractivity contribution in [1.29, 1.82) is 0 Å². The number of aromatic nitrogens is 2. The Morgan fingerprint density at radius 3 is 2.95 bits per heavy atom. The quantitative estimate of drug-likeness (QED) is 0.882. The average Bonchev–Trinajstić information content (AvgIpc) is 3.30. The van der Waals surface area contributed by atoms with E-state index in [2.05, 4.69) is 20.2 Å². The van der Waals surface area contributed by atoms with Gasteiger partial charge in [-0.15, -0.1) is 0 Å². The lowest BCUT2D eigenvalue weighted by Gasteiger charge is -2.34. The highest BCUT2D eigenvalue weighted by Crippen LogP contribution is 2.24. The number of nitrogens with one attached hydrogen (secondary N) is 1. The zero-order valence-electron chi connectivity index (χ0n) is 12.5. The van der Waals surface area contributed by atoms with Crippen molar-refractivity contribution in [2.75, 3.05) is 43.5 Å². The van der Waals surface area contributed by atoms with E-state index in [0.717, 1.165) is 43.4 Å². The molecule has 0 spiro atoms. The zero-order chi connectivity index (χ0) is 13.9. The molecule has 0 aromatic carbocycles. The smallest absolute Gasteiger partial charge is 0.226 e. The fraction of sp³-hybridized carbons (Fsp3) is 0.733. The molecule has 1 N–H and O–H groups in total. The lowest BCUT2D eigenvalue weighted by molar-refractivity contribution is 0.389. The molecule has 1 saturated carbocycles. The van der Waals surface area contributed by atoms with E-state index in [1.807, 2.05) is 31.3 Å². The number of rotatable bonds is 5. The molecule has 1 aliphatic carbocycles. The molecule has 5 heteroatoms. The lowest BCUT2D eigenvalue weighted by atomic mass is 9.98. The van der Waals surface area contributed by atoms with Crippen LogP contribution in [-0.4, -0.2) is 49.7 Å². The SMILES string of the molecule is CN(C)c1nccc(N2CCCC(CNC3CC3)C2)n1. The lowest BCUT2D eigenvalue weighted by Crippen LogP contribution is -2.40. The van der Waals surface area contributed by atoms with Crippen LogP contribution in [0.5, 0.6) is 0 Å². The van der Waals surface area contributed by atoms with Crippen LogP contribution in [0.4, 0.5) is 11.8 Å². The Labute approximate surface area is 121 Å². The van der Waals surface area contributed by atoms with Crippen molar-refractivity contribution in [3.8, 4) is 0 Å². The minimum atomic E-state index is 0.752. The maximum absolute atomic E-state index is 4.66. The van der Waals surface area contributed by atoms with Gasteiger partial charge in [-0.05, 0) is 44.2 Å². The Morgan fingerprint density at radius 1 is 1.35 bits per heavy atom. The van der Waals surface area contributed by atoms with E-state index in [9.17, 15) is 0 Å². The van der Waals surface area contributed by atoms with Crippen LogP contribution in [0, 0.1) is 5.92 Å². The third-order valence-electron chi connectivity index (χ3n) is 4.14. The first-order chi connectivity index (χ1) is 9.72. The van der Waals surface area contributed by atoms with E-state index in [4.69, 9.17) is 0 Å². The third-order valence-corrected chi connectivity index (χ3v) is 4.14. The Hall–Kier alpha value is -1.36. The number of anilines is 2. The number of nitrogens with zero attached hydrogens (tertiary/aromatic N) is 4. The molecule has 1 unspecified atom stereocenters. The number of hydrogen-bond acceptors (Lipinski definition) is 5. The second-order valence-electron chi connectivity index (χ2n) is 6.25. The van der Waals surface area contributed by atoms with Gasteiger partial charge in [0.2, 0.25) is 5.95 Å². The molecule has 1 aromatic heterocycles. The van der Waals surface area contributed by atoms with E-state index in [-0.39, 0.29) is 0 Å². The first-order valence-electron chi connectivity index (χ1n) is 7.71. The van der Waals surface area contributed by atoms with E-state index < -0.39 is 0 Å². The molecule has 2 heterocycles. The largest absolute Gasteiger partial charge is 0.356 e. The van der Waals surface area contributed by atoms with Gasteiger partial charge in [0, 0.05) is 39.4 Å². The molecular formula is C15H25N5. The molecule has 0 bridgehead atoms. The fourth-order valence-corrected chi connectivity index (χ4v) is 2.79. The predicted molar refractivity (Wildman–Crippen MR) is 82.3 cm³/mol. The summed E-state index contributed by atoms with van der Waals surface area (Å²) >= 11 is 0. The highest BCUT2D eigenvalue weighted by atomic mass is 15.3. The van der Waals surface area contributed by atoms with Gasteiger partial charge in [-0.1, -0.05) is 0 Å². The van der Waals surface area contributed by atoms with Crippen LogP contribution in [0.3, 0.4) is 0 Å². The van der Waals surface area contributed by atoms with E-state index in [0.29, 0.717) is 0 Å². The van der Waals surface area contributed by atoms with Gasteiger partial charge in [0.25, 0.3) is 0 Å². The maximum atomic E-state index is 4.66. The summed E-state index contributed by atoms with van der Waals surface area (Å²) in [5, 5.41) is 3.66. The van der Waals surface area contributed by atoms with Crippen LogP contribution >= 0.6 is 0 Å². The minimum Gasteiger partial charge on any atom is -0.356 e. The summed E-state index contributed by atoms with van der Waals surface area (Å²) in [6.45, 7) is 3.39. The standard InChI is InChI=1S/C15H25N5/c1-19(2)15-16-8-7-14(18-15)20-9-3-4-12(11-20)10-17-13-5-6-13/h7-8,12-13,17H,3-6,9-11H2,1-2H3. The predicted octanol–water partition coefficient (Wildman–Crippen LogP) is 1.51. The molecular weight excluding hydrogens is 250 g/mol. The van der Waals surface area contributed by atoms with E-state index in [1.165, 1.54) is 25.7 Å². The molecule has 1 atom stereocenters. The van der Waals surface area contributed by atoms with Gasteiger partial charge >= 0.3 is 0 Å². The monoisotopic (exact) mass is 275 g/mol. The van der Waals surface area contributed by atoms with Gasteiger partial charge in [0.05, 0.1) is 0 Å². The Kier molecular flexibility index (Phi) is 4.05. The summed E-state index contributed by atoms with van der Waals surface area (Å²) in [5.74, 6) is 2.61. The molecule has 3 rings (SSSR count). The molecule has 1 aromatic rings. The minimum absolute atomic E-state index is 0.752. The molecule has 0 amide bonds. The van der Waals surface area contributed by atoms with Crippen LogP contribution in [0.2, 0.25) is 0 Å². The van der Waals surface area contributed by atoms with Gasteiger partial charge in [-0.2, -0.15) is 4.98 Å². The van der Waals surface area contributed by atoms with Crippen molar-refractivity contribution in [1.82, 2.24) is 15.3 Å². The van der Waals surface area contributed by atoms with Crippen LogP contribution in [0.15, 0.2) is 12.3 Å².